The summed E-state index contributed by atoms with van der Waals surface area (Å²) in [6.45, 7) is 4.13. The molecule has 0 saturated carbocycles. The van der Waals surface area contributed by atoms with E-state index in [0.29, 0.717) is 61.6 Å². The van der Waals surface area contributed by atoms with Crippen molar-refractivity contribution >= 4 is 35.1 Å². The Morgan fingerprint density at radius 3 is 2.68 bits per heavy atom. The molecule has 1 fully saturated rings. The molecule has 0 spiro atoms. The third-order valence-electron chi connectivity index (χ3n) is 6.19. The van der Waals surface area contributed by atoms with Gasteiger partial charge in [0.1, 0.15) is 12.1 Å². The Morgan fingerprint density at radius 2 is 1.95 bits per heavy atom. The zero-order valence-corrected chi connectivity index (χ0v) is 22.0. The molecule has 0 bridgehead atoms. The molecule has 2 aromatic carbocycles. The highest BCUT2D eigenvalue weighted by atomic mass is 35.5. The molecule has 196 valence electrons. The van der Waals surface area contributed by atoms with Gasteiger partial charge < -0.3 is 14.1 Å². The predicted octanol–water partition coefficient (Wildman–Crippen LogP) is 5.74. The molecule has 1 atom stereocenters. The summed E-state index contributed by atoms with van der Waals surface area (Å²) in [6.07, 6.45) is 2.75. The van der Waals surface area contributed by atoms with Gasteiger partial charge in [-0.25, -0.2) is 9.37 Å². The Hall–Kier alpha value is -2.94. The SMILES string of the molecule is CCOC(=O)C1CCCN(C(=O)c2coc(CN(Cc3ccc(F)cc3)Cc3ccc(Cl)cc3Cl)n2)C1. The molecule has 0 aliphatic carbocycles. The highest BCUT2D eigenvalue weighted by molar-refractivity contribution is 6.35. The molecule has 1 amide bonds. The molecular weight excluding hydrogens is 520 g/mol. The van der Waals surface area contributed by atoms with Crippen molar-refractivity contribution in [3.63, 3.8) is 0 Å². The first-order valence-corrected chi connectivity index (χ1v) is 12.9. The van der Waals surface area contributed by atoms with E-state index in [1.165, 1.54) is 18.4 Å². The predicted molar refractivity (Wildman–Crippen MR) is 138 cm³/mol. The molecular formula is C27H28Cl2FN3O4. The van der Waals surface area contributed by atoms with E-state index in [-0.39, 0.29) is 35.9 Å². The maximum Gasteiger partial charge on any atom is 0.310 e. The average Bonchev–Trinajstić information content (AvgIpc) is 3.35. The molecule has 4 rings (SSSR count). The van der Waals surface area contributed by atoms with Crippen LogP contribution in [0.5, 0.6) is 0 Å². The maximum atomic E-state index is 13.4. The summed E-state index contributed by atoms with van der Waals surface area (Å²) in [5.41, 5.74) is 1.94. The van der Waals surface area contributed by atoms with Gasteiger partial charge in [0.15, 0.2) is 5.69 Å². The number of oxazole rings is 1. The molecule has 10 heteroatoms. The summed E-state index contributed by atoms with van der Waals surface area (Å²) in [6, 6.07) is 11.5. The minimum Gasteiger partial charge on any atom is -0.466 e. The maximum absolute atomic E-state index is 13.4. The number of carbonyl (C=O) groups is 2. The van der Waals surface area contributed by atoms with Crippen molar-refractivity contribution < 1.29 is 23.1 Å². The second-order valence-electron chi connectivity index (χ2n) is 8.98. The van der Waals surface area contributed by atoms with Crippen LogP contribution in [0.25, 0.3) is 0 Å². The number of hydrogen-bond donors (Lipinski definition) is 0. The summed E-state index contributed by atoms with van der Waals surface area (Å²) in [5.74, 6) is -0.850. The van der Waals surface area contributed by atoms with Gasteiger partial charge in [-0.15, -0.1) is 0 Å². The molecule has 0 N–H and O–H groups in total. The van der Waals surface area contributed by atoms with Crippen molar-refractivity contribution in [3.8, 4) is 0 Å². The van der Waals surface area contributed by atoms with E-state index in [9.17, 15) is 14.0 Å². The highest BCUT2D eigenvalue weighted by Gasteiger charge is 2.31. The normalized spacial score (nSPS) is 15.7. The van der Waals surface area contributed by atoms with Gasteiger partial charge in [0.2, 0.25) is 5.89 Å². The van der Waals surface area contributed by atoms with Gasteiger partial charge >= 0.3 is 5.97 Å². The summed E-state index contributed by atoms with van der Waals surface area (Å²) in [5, 5.41) is 1.07. The first-order valence-electron chi connectivity index (χ1n) is 12.1. The van der Waals surface area contributed by atoms with Crippen molar-refractivity contribution in [2.45, 2.75) is 39.4 Å². The van der Waals surface area contributed by atoms with E-state index in [4.69, 9.17) is 32.4 Å². The van der Waals surface area contributed by atoms with Crippen molar-refractivity contribution in [2.75, 3.05) is 19.7 Å². The molecule has 3 aromatic rings. The number of hydrogen-bond acceptors (Lipinski definition) is 6. The molecule has 7 nitrogen and oxygen atoms in total. The first-order chi connectivity index (χ1) is 17.8. The van der Waals surface area contributed by atoms with Crippen LogP contribution >= 0.6 is 23.2 Å². The number of piperidine rings is 1. The first kappa shape index (κ1) is 27.1. The van der Waals surface area contributed by atoms with Crippen LogP contribution in [0.1, 0.15) is 47.3 Å². The quantitative estimate of drug-likeness (QED) is 0.318. The van der Waals surface area contributed by atoms with Crippen molar-refractivity contribution in [1.82, 2.24) is 14.8 Å². The van der Waals surface area contributed by atoms with Crippen LogP contribution in [-0.4, -0.2) is 46.4 Å². The lowest BCUT2D eigenvalue weighted by Gasteiger charge is -2.30. The Balaban J connectivity index is 1.47. The summed E-state index contributed by atoms with van der Waals surface area (Å²) < 4.78 is 24.2. The number of benzene rings is 2. The van der Waals surface area contributed by atoms with E-state index in [1.807, 2.05) is 11.0 Å². The largest absolute Gasteiger partial charge is 0.466 e. The van der Waals surface area contributed by atoms with Gasteiger partial charge in [0.05, 0.1) is 19.1 Å². The summed E-state index contributed by atoms with van der Waals surface area (Å²) >= 11 is 12.4. The number of nitrogens with zero attached hydrogens (tertiary/aromatic N) is 3. The van der Waals surface area contributed by atoms with Gasteiger partial charge in [0.25, 0.3) is 5.91 Å². The lowest BCUT2D eigenvalue weighted by atomic mass is 9.98. The summed E-state index contributed by atoms with van der Waals surface area (Å²) in [4.78, 5) is 33.3. The Bertz CT molecular complexity index is 1230. The summed E-state index contributed by atoms with van der Waals surface area (Å²) in [7, 11) is 0. The van der Waals surface area contributed by atoms with Crippen LogP contribution < -0.4 is 0 Å². The van der Waals surface area contributed by atoms with Gasteiger partial charge in [0, 0.05) is 36.2 Å². The second kappa shape index (κ2) is 12.5. The van der Waals surface area contributed by atoms with Crippen LogP contribution in [0.15, 0.2) is 53.1 Å². The highest BCUT2D eigenvalue weighted by Crippen LogP contribution is 2.24. The van der Waals surface area contributed by atoms with E-state index in [2.05, 4.69) is 4.98 Å². The topological polar surface area (TPSA) is 75.9 Å². The number of amides is 1. The standard InChI is InChI=1S/C27H28Cl2FN3O4/c1-2-36-27(35)20-4-3-11-33(15-20)26(34)24-17-37-25(31-24)16-32(13-18-5-9-22(30)10-6-18)14-19-7-8-21(28)12-23(19)29/h5-10,12,17,20H,2-4,11,13-16H2,1H3. The zero-order valence-electron chi connectivity index (χ0n) is 20.5. The number of aromatic nitrogens is 1. The Kier molecular flexibility index (Phi) is 9.18. The molecule has 37 heavy (non-hydrogen) atoms. The number of ether oxygens (including phenoxy) is 1. The molecule has 1 saturated heterocycles. The minimum atomic E-state index is -0.334. The van der Waals surface area contributed by atoms with Crippen molar-refractivity contribution in [3.05, 3.63) is 87.3 Å². The van der Waals surface area contributed by atoms with Gasteiger partial charge in [-0.3, -0.25) is 14.5 Å². The van der Waals surface area contributed by atoms with E-state index in [1.54, 1.807) is 36.1 Å². The molecule has 1 aliphatic rings. The van der Waals surface area contributed by atoms with Crippen molar-refractivity contribution in [2.24, 2.45) is 5.92 Å². The van der Waals surface area contributed by atoms with Crippen molar-refractivity contribution in [1.29, 1.82) is 0 Å². The lowest BCUT2D eigenvalue weighted by molar-refractivity contribution is -0.149. The molecule has 1 unspecified atom stereocenters. The van der Waals surface area contributed by atoms with Gasteiger partial charge in [-0.1, -0.05) is 41.4 Å². The number of esters is 1. The second-order valence-corrected chi connectivity index (χ2v) is 9.82. The lowest BCUT2D eigenvalue weighted by Crippen LogP contribution is -2.43. The number of halogens is 3. The van der Waals surface area contributed by atoms with Crippen LogP contribution in [0, 0.1) is 11.7 Å². The Morgan fingerprint density at radius 1 is 1.16 bits per heavy atom. The number of rotatable bonds is 9. The Labute approximate surface area is 225 Å². The van der Waals surface area contributed by atoms with Crippen LogP contribution in [0.4, 0.5) is 4.39 Å². The fourth-order valence-corrected chi connectivity index (χ4v) is 4.82. The third-order valence-corrected chi connectivity index (χ3v) is 6.77. The zero-order chi connectivity index (χ0) is 26.4. The van der Waals surface area contributed by atoms with E-state index in [0.717, 1.165) is 11.1 Å². The number of likely N-dealkylation sites (tertiary alicyclic amines) is 1. The minimum absolute atomic E-state index is 0.186. The van der Waals surface area contributed by atoms with Gasteiger partial charge in [-0.2, -0.15) is 0 Å². The molecule has 1 aliphatic heterocycles. The van der Waals surface area contributed by atoms with E-state index < -0.39 is 0 Å². The smallest absolute Gasteiger partial charge is 0.310 e. The van der Waals surface area contributed by atoms with Crippen LogP contribution in [0.2, 0.25) is 10.0 Å². The monoisotopic (exact) mass is 547 g/mol. The van der Waals surface area contributed by atoms with Gasteiger partial charge in [-0.05, 0) is 55.2 Å². The fourth-order valence-electron chi connectivity index (χ4n) is 4.36. The molecule has 2 heterocycles. The van der Waals surface area contributed by atoms with E-state index >= 15 is 0 Å². The molecule has 1 aromatic heterocycles. The van der Waals surface area contributed by atoms with Crippen LogP contribution in [0.3, 0.4) is 0 Å². The number of carbonyl (C=O) groups excluding carboxylic acids is 2. The third kappa shape index (κ3) is 7.31. The van der Waals surface area contributed by atoms with Crippen LogP contribution in [-0.2, 0) is 29.2 Å². The molecule has 0 radical (unpaired) electrons. The average molecular weight is 548 g/mol. The fraction of sp³-hybridized carbons (Fsp3) is 0.370.